The SMILES string of the molecule is CCc1nc(Br)cc(NCc2ccon2)n1. The molecule has 0 aliphatic heterocycles. The number of anilines is 1. The minimum atomic E-state index is 0.586. The first kappa shape index (κ1) is 11.1. The zero-order valence-electron chi connectivity index (χ0n) is 8.77. The molecule has 0 bridgehead atoms. The van der Waals surface area contributed by atoms with Crippen LogP contribution in [0.15, 0.2) is 27.5 Å². The molecule has 0 unspecified atom stereocenters. The van der Waals surface area contributed by atoms with E-state index in [1.54, 1.807) is 6.26 Å². The number of hydrogen-bond acceptors (Lipinski definition) is 5. The van der Waals surface area contributed by atoms with Crippen LogP contribution in [-0.2, 0) is 13.0 Å². The normalized spacial score (nSPS) is 10.4. The van der Waals surface area contributed by atoms with E-state index in [4.69, 9.17) is 4.52 Å². The Labute approximate surface area is 101 Å². The molecule has 2 heterocycles. The van der Waals surface area contributed by atoms with Crippen molar-refractivity contribution in [3.8, 4) is 0 Å². The molecule has 0 fully saturated rings. The average Bonchev–Trinajstić information content (AvgIpc) is 2.78. The summed E-state index contributed by atoms with van der Waals surface area (Å²) in [5.41, 5.74) is 0.841. The maximum absolute atomic E-state index is 4.74. The molecular formula is C10H11BrN4O. The van der Waals surface area contributed by atoms with Crippen molar-refractivity contribution in [1.29, 1.82) is 0 Å². The fourth-order valence-electron chi connectivity index (χ4n) is 1.22. The van der Waals surface area contributed by atoms with E-state index in [2.05, 4.69) is 36.4 Å². The Balaban J connectivity index is 2.06. The quantitative estimate of drug-likeness (QED) is 0.873. The van der Waals surface area contributed by atoms with Crippen LogP contribution in [-0.4, -0.2) is 15.1 Å². The molecule has 0 saturated carbocycles. The van der Waals surface area contributed by atoms with Crippen molar-refractivity contribution in [2.75, 3.05) is 5.32 Å². The first-order valence-electron chi connectivity index (χ1n) is 4.94. The van der Waals surface area contributed by atoms with Crippen LogP contribution in [0.25, 0.3) is 0 Å². The third-order valence-electron chi connectivity index (χ3n) is 2.00. The van der Waals surface area contributed by atoms with Crippen molar-refractivity contribution in [1.82, 2.24) is 15.1 Å². The Bertz CT molecular complexity index is 458. The second-order valence-electron chi connectivity index (χ2n) is 3.19. The Morgan fingerprint density at radius 1 is 1.44 bits per heavy atom. The van der Waals surface area contributed by atoms with Crippen molar-refractivity contribution in [3.63, 3.8) is 0 Å². The maximum Gasteiger partial charge on any atom is 0.131 e. The molecule has 0 aliphatic rings. The van der Waals surface area contributed by atoms with Gasteiger partial charge in [-0.15, -0.1) is 0 Å². The number of halogens is 1. The topological polar surface area (TPSA) is 63.8 Å². The van der Waals surface area contributed by atoms with E-state index >= 15 is 0 Å². The first-order chi connectivity index (χ1) is 7.78. The standard InChI is InChI=1S/C10H11BrN4O/c1-2-9-13-8(11)5-10(14-9)12-6-7-3-4-16-15-7/h3-5H,2,6H2,1H3,(H,12,13,14). The summed E-state index contributed by atoms with van der Waals surface area (Å²) >= 11 is 3.35. The number of nitrogens with one attached hydrogen (secondary N) is 1. The lowest BCUT2D eigenvalue weighted by Gasteiger charge is -2.05. The van der Waals surface area contributed by atoms with Gasteiger partial charge in [-0.25, -0.2) is 9.97 Å². The van der Waals surface area contributed by atoms with Crippen LogP contribution in [0.1, 0.15) is 18.4 Å². The summed E-state index contributed by atoms with van der Waals surface area (Å²) < 4.78 is 5.52. The molecule has 0 atom stereocenters. The first-order valence-corrected chi connectivity index (χ1v) is 5.74. The van der Waals surface area contributed by atoms with Gasteiger partial charge in [0.1, 0.15) is 28.2 Å². The van der Waals surface area contributed by atoms with Crippen LogP contribution >= 0.6 is 15.9 Å². The van der Waals surface area contributed by atoms with E-state index in [1.165, 1.54) is 0 Å². The summed E-state index contributed by atoms with van der Waals surface area (Å²) in [4.78, 5) is 8.57. The lowest BCUT2D eigenvalue weighted by Crippen LogP contribution is -2.04. The van der Waals surface area contributed by atoms with Gasteiger partial charge in [-0.1, -0.05) is 12.1 Å². The van der Waals surface area contributed by atoms with Gasteiger partial charge < -0.3 is 9.84 Å². The largest absolute Gasteiger partial charge is 0.364 e. The Morgan fingerprint density at radius 3 is 3.00 bits per heavy atom. The molecule has 2 aromatic heterocycles. The minimum absolute atomic E-state index is 0.586. The fourth-order valence-corrected chi connectivity index (χ4v) is 1.64. The highest BCUT2D eigenvalue weighted by molar-refractivity contribution is 9.10. The van der Waals surface area contributed by atoms with Crippen LogP contribution in [0, 0.1) is 0 Å². The van der Waals surface area contributed by atoms with E-state index < -0.39 is 0 Å². The van der Waals surface area contributed by atoms with Gasteiger partial charge in [-0.05, 0) is 15.9 Å². The van der Waals surface area contributed by atoms with Gasteiger partial charge in [0.25, 0.3) is 0 Å². The summed E-state index contributed by atoms with van der Waals surface area (Å²) in [6, 6.07) is 3.64. The van der Waals surface area contributed by atoms with Crippen molar-refractivity contribution in [2.24, 2.45) is 0 Å². The smallest absolute Gasteiger partial charge is 0.131 e. The predicted octanol–water partition coefficient (Wildman–Crippen LogP) is 2.40. The van der Waals surface area contributed by atoms with Crippen molar-refractivity contribution >= 4 is 21.7 Å². The molecule has 0 amide bonds. The number of hydrogen-bond donors (Lipinski definition) is 1. The molecule has 84 valence electrons. The third-order valence-corrected chi connectivity index (χ3v) is 2.41. The third kappa shape index (κ3) is 2.79. The summed E-state index contributed by atoms with van der Waals surface area (Å²) in [5, 5.41) is 6.96. The second kappa shape index (κ2) is 5.07. The Morgan fingerprint density at radius 2 is 2.31 bits per heavy atom. The van der Waals surface area contributed by atoms with E-state index in [0.717, 1.165) is 28.4 Å². The second-order valence-corrected chi connectivity index (χ2v) is 4.00. The van der Waals surface area contributed by atoms with E-state index in [1.807, 2.05) is 19.1 Å². The van der Waals surface area contributed by atoms with Gasteiger partial charge in [0.05, 0.1) is 6.54 Å². The van der Waals surface area contributed by atoms with E-state index in [9.17, 15) is 0 Å². The maximum atomic E-state index is 4.74. The summed E-state index contributed by atoms with van der Waals surface area (Å²) in [5.74, 6) is 1.58. The van der Waals surface area contributed by atoms with E-state index in [-0.39, 0.29) is 0 Å². The molecule has 0 radical (unpaired) electrons. The lowest BCUT2D eigenvalue weighted by molar-refractivity contribution is 0.412. The Hall–Kier alpha value is -1.43. The molecular weight excluding hydrogens is 272 g/mol. The highest BCUT2D eigenvalue weighted by atomic mass is 79.9. The molecule has 0 aromatic carbocycles. The van der Waals surface area contributed by atoms with Crippen LogP contribution in [0.5, 0.6) is 0 Å². The average molecular weight is 283 g/mol. The summed E-state index contributed by atoms with van der Waals surface area (Å²) in [6.07, 6.45) is 2.35. The van der Waals surface area contributed by atoms with Gasteiger partial charge in [0.2, 0.25) is 0 Å². The van der Waals surface area contributed by atoms with Crippen LogP contribution in [0.2, 0.25) is 0 Å². The molecule has 6 heteroatoms. The monoisotopic (exact) mass is 282 g/mol. The highest BCUT2D eigenvalue weighted by Gasteiger charge is 2.02. The minimum Gasteiger partial charge on any atom is -0.364 e. The molecule has 2 aromatic rings. The van der Waals surface area contributed by atoms with Crippen LogP contribution < -0.4 is 5.32 Å². The van der Waals surface area contributed by atoms with Gasteiger partial charge in [0, 0.05) is 18.6 Å². The van der Waals surface area contributed by atoms with Crippen molar-refractivity contribution in [2.45, 2.75) is 19.9 Å². The molecule has 0 aliphatic carbocycles. The van der Waals surface area contributed by atoms with Gasteiger partial charge >= 0.3 is 0 Å². The van der Waals surface area contributed by atoms with Gasteiger partial charge in [-0.2, -0.15) is 0 Å². The molecule has 2 rings (SSSR count). The van der Waals surface area contributed by atoms with Crippen molar-refractivity contribution in [3.05, 3.63) is 34.5 Å². The molecule has 5 nitrogen and oxygen atoms in total. The van der Waals surface area contributed by atoms with Gasteiger partial charge in [0.15, 0.2) is 0 Å². The number of nitrogens with zero attached hydrogens (tertiary/aromatic N) is 3. The van der Waals surface area contributed by atoms with Gasteiger partial charge in [-0.3, -0.25) is 0 Å². The fraction of sp³-hybridized carbons (Fsp3) is 0.300. The number of rotatable bonds is 4. The molecule has 1 N–H and O–H groups in total. The molecule has 0 spiro atoms. The zero-order valence-corrected chi connectivity index (χ0v) is 10.4. The number of aromatic nitrogens is 3. The molecule has 16 heavy (non-hydrogen) atoms. The highest BCUT2D eigenvalue weighted by Crippen LogP contribution is 2.13. The summed E-state index contributed by atoms with van der Waals surface area (Å²) in [7, 11) is 0. The lowest BCUT2D eigenvalue weighted by atomic mass is 10.4. The van der Waals surface area contributed by atoms with Crippen LogP contribution in [0.3, 0.4) is 0 Å². The van der Waals surface area contributed by atoms with Crippen molar-refractivity contribution < 1.29 is 4.52 Å². The van der Waals surface area contributed by atoms with Crippen LogP contribution in [0.4, 0.5) is 5.82 Å². The number of aryl methyl sites for hydroxylation is 1. The summed E-state index contributed by atoms with van der Waals surface area (Å²) in [6.45, 7) is 2.60. The predicted molar refractivity (Wildman–Crippen MR) is 62.9 cm³/mol. The van der Waals surface area contributed by atoms with E-state index in [0.29, 0.717) is 6.54 Å². The Kier molecular flexibility index (Phi) is 3.51. The zero-order chi connectivity index (χ0) is 11.4. The molecule has 0 saturated heterocycles.